The molecule has 3 N–H and O–H groups in total. The van der Waals surface area contributed by atoms with Crippen LogP contribution in [0.25, 0.3) is 0 Å². The van der Waals surface area contributed by atoms with Crippen molar-refractivity contribution < 1.29 is 15.3 Å². The molecule has 0 bridgehead atoms. The molecular formula is C16H28O3. The van der Waals surface area contributed by atoms with Gasteiger partial charge in [-0.2, -0.15) is 0 Å². The van der Waals surface area contributed by atoms with Crippen LogP contribution in [-0.4, -0.2) is 34.6 Å². The molecule has 5 atom stereocenters. The van der Waals surface area contributed by atoms with E-state index in [1.165, 1.54) is 5.57 Å². The van der Waals surface area contributed by atoms with E-state index in [9.17, 15) is 15.3 Å². The van der Waals surface area contributed by atoms with Crippen LogP contribution in [0.4, 0.5) is 0 Å². The summed E-state index contributed by atoms with van der Waals surface area (Å²) in [6, 6.07) is 0. The molecular weight excluding hydrogens is 240 g/mol. The Morgan fingerprint density at radius 2 is 1.95 bits per heavy atom. The molecule has 19 heavy (non-hydrogen) atoms. The van der Waals surface area contributed by atoms with Crippen LogP contribution in [0.1, 0.15) is 46.0 Å². The summed E-state index contributed by atoms with van der Waals surface area (Å²) in [5.74, 6) is 0.616. The van der Waals surface area contributed by atoms with Gasteiger partial charge in [0.1, 0.15) is 0 Å². The van der Waals surface area contributed by atoms with E-state index in [-0.39, 0.29) is 18.6 Å². The standard InChI is InChI=1S/C16H28O3/c1-11-4-5-13-15(2,12(11)7-9-17)8-6-14(19)16(13,3)10-18/h12-14,17-19H,1,4-10H2,2-3H3/t12-,13-,14-,15+,16+/m1/s1. The molecule has 2 fully saturated rings. The first-order valence-electron chi connectivity index (χ1n) is 7.47. The van der Waals surface area contributed by atoms with E-state index in [0.717, 1.165) is 32.1 Å². The van der Waals surface area contributed by atoms with E-state index in [2.05, 4.69) is 13.5 Å². The third-order valence-electron chi connectivity index (χ3n) is 6.11. The smallest absolute Gasteiger partial charge is 0.0618 e. The van der Waals surface area contributed by atoms with Crippen molar-refractivity contribution in [3.8, 4) is 0 Å². The van der Waals surface area contributed by atoms with Gasteiger partial charge in [-0.3, -0.25) is 0 Å². The second-order valence-electron chi connectivity index (χ2n) is 7.04. The Bertz CT molecular complexity index is 354. The molecule has 0 aromatic carbocycles. The van der Waals surface area contributed by atoms with Crippen molar-refractivity contribution in [3.63, 3.8) is 0 Å². The second-order valence-corrected chi connectivity index (χ2v) is 7.04. The fourth-order valence-electron chi connectivity index (χ4n) is 4.86. The van der Waals surface area contributed by atoms with Gasteiger partial charge in [0.25, 0.3) is 0 Å². The summed E-state index contributed by atoms with van der Waals surface area (Å²) in [5.41, 5.74) is 0.875. The van der Waals surface area contributed by atoms with Gasteiger partial charge in [0.15, 0.2) is 0 Å². The molecule has 2 aliphatic rings. The number of hydrogen-bond donors (Lipinski definition) is 3. The zero-order valence-electron chi connectivity index (χ0n) is 12.2. The van der Waals surface area contributed by atoms with Crippen LogP contribution in [0.15, 0.2) is 12.2 Å². The molecule has 0 aliphatic heterocycles. The Kier molecular flexibility index (Phi) is 4.10. The van der Waals surface area contributed by atoms with Crippen molar-refractivity contribution in [1.82, 2.24) is 0 Å². The Morgan fingerprint density at radius 3 is 2.53 bits per heavy atom. The molecule has 2 rings (SSSR count). The van der Waals surface area contributed by atoms with Crippen LogP contribution < -0.4 is 0 Å². The highest BCUT2D eigenvalue weighted by atomic mass is 16.3. The van der Waals surface area contributed by atoms with Crippen molar-refractivity contribution in [3.05, 3.63) is 12.2 Å². The highest BCUT2D eigenvalue weighted by molar-refractivity contribution is 5.17. The molecule has 0 heterocycles. The van der Waals surface area contributed by atoms with Crippen molar-refractivity contribution in [2.24, 2.45) is 22.7 Å². The van der Waals surface area contributed by atoms with E-state index in [0.29, 0.717) is 11.8 Å². The van der Waals surface area contributed by atoms with Gasteiger partial charge in [0.2, 0.25) is 0 Å². The minimum absolute atomic E-state index is 0.0345. The number of rotatable bonds is 3. The van der Waals surface area contributed by atoms with Crippen molar-refractivity contribution >= 4 is 0 Å². The van der Waals surface area contributed by atoms with Crippen LogP contribution in [0.3, 0.4) is 0 Å². The summed E-state index contributed by atoms with van der Waals surface area (Å²) >= 11 is 0. The van der Waals surface area contributed by atoms with E-state index in [4.69, 9.17) is 0 Å². The average molecular weight is 268 g/mol. The van der Waals surface area contributed by atoms with E-state index >= 15 is 0 Å². The fourth-order valence-corrected chi connectivity index (χ4v) is 4.86. The van der Waals surface area contributed by atoms with Crippen LogP contribution in [-0.2, 0) is 0 Å². The van der Waals surface area contributed by atoms with Gasteiger partial charge in [-0.1, -0.05) is 26.0 Å². The summed E-state index contributed by atoms with van der Waals surface area (Å²) in [7, 11) is 0. The first-order valence-corrected chi connectivity index (χ1v) is 7.47. The predicted octanol–water partition coefficient (Wildman–Crippen LogP) is 2.11. The van der Waals surface area contributed by atoms with E-state index < -0.39 is 11.5 Å². The quantitative estimate of drug-likeness (QED) is 0.687. The molecule has 110 valence electrons. The number of aliphatic hydroxyl groups is 3. The number of allylic oxidation sites excluding steroid dienone is 1. The summed E-state index contributed by atoms with van der Waals surface area (Å²) in [6.45, 7) is 8.71. The fraction of sp³-hybridized carbons (Fsp3) is 0.875. The Labute approximate surface area is 116 Å². The number of hydrogen-bond acceptors (Lipinski definition) is 3. The minimum atomic E-state index is -0.420. The van der Waals surface area contributed by atoms with Gasteiger partial charge in [0, 0.05) is 12.0 Å². The Balaban J connectivity index is 2.37. The first-order chi connectivity index (χ1) is 8.90. The maximum absolute atomic E-state index is 10.3. The predicted molar refractivity (Wildman–Crippen MR) is 75.6 cm³/mol. The molecule has 3 heteroatoms. The van der Waals surface area contributed by atoms with Gasteiger partial charge >= 0.3 is 0 Å². The van der Waals surface area contributed by atoms with Gasteiger partial charge in [-0.15, -0.1) is 0 Å². The highest BCUT2D eigenvalue weighted by Crippen LogP contribution is 2.61. The highest BCUT2D eigenvalue weighted by Gasteiger charge is 2.57. The third kappa shape index (κ3) is 2.16. The van der Waals surface area contributed by atoms with Gasteiger partial charge in [-0.25, -0.2) is 0 Å². The van der Waals surface area contributed by atoms with Crippen LogP contribution >= 0.6 is 0 Å². The zero-order valence-corrected chi connectivity index (χ0v) is 12.2. The molecule has 2 aliphatic carbocycles. The third-order valence-corrected chi connectivity index (χ3v) is 6.11. The summed E-state index contributed by atoms with van der Waals surface area (Å²) < 4.78 is 0. The zero-order chi connectivity index (χ0) is 14.3. The number of fused-ring (bicyclic) bond motifs is 1. The SMILES string of the molecule is C=C1CC[C@H]2[C@](C)(CO)[C@H](O)CC[C@@]2(C)[C@@H]1CCO. The molecule has 2 saturated carbocycles. The molecule has 0 saturated heterocycles. The molecule has 0 spiro atoms. The summed E-state index contributed by atoms with van der Waals surface area (Å²) in [4.78, 5) is 0. The monoisotopic (exact) mass is 268 g/mol. The Hall–Kier alpha value is -0.380. The summed E-state index contributed by atoms with van der Waals surface area (Å²) in [6.07, 6.45) is 3.97. The normalized spacial score (nSPS) is 47.0. The van der Waals surface area contributed by atoms with E-state index in [1.807, 2.05) is 6.92 Å². The van der Waals surface area contributed by atoms with Crippen molar-refractivity contribution in [1.29, 1.82) is 0 Å². The lowest BCUT2D eigenvalue weighted by Gasteiger charge is -2.59. The second kappa shape index (κ2) is 5.19. The van der Waals surface area contributed by atoms with Crippen LogP contribution in [0.5, 0.6) is 0 Å². The first kappa shape index (κ1) is 15.0. The number of aliphatic hydroxyl groups excluding tert-OH is 3. The topological polar surface area (TPSA) is 60.7 Å². The van der Waals surface area contributed by atoms with Gasteiger partial charge in [-0.05, 0) is 49.4 Å². The van der Waals surface area contributed by atoms with Crippen LogP contribution in [0, 0.1) is 22.7 Å². The molecule has 0 amide bonds. The van der Waals surface area contributed by atoms with Crippen LogP contribution in [0.2, 0.25) is 0 Å². The van der Waals surface area contributed by atoms with Gasteiger partial charge < -0.3 is 15.3 Å². The lowest BCUT2D eigenvalue weighted by atomic mass is 9.46. The van der Waals surface area contributed by atoms with Crippen molar-refractivity contribution in [2.75, 3.05) is 13.2 Å². The minimum Gasteiger partial charge on any atom is -0.396 e. The molecule has 0 aromatic heterocycles. The van der Waals surface area contributed by atoms with Crippen molar-refractivity contribution in [2.45, 2.75) is 52.1 Å². The largest absolute Gasteiger partial charge is 0.396 e. The molecule has 0 radical (unpaired) electrons. The average Bonchev–Trinajstić information content (AvgIpc) is 2.39. The molecule has 0 aromatic rings. The van der Waals surface area contributed by atoms with E-state index in [1.54, 1.807) is 0 Å². The lowest BCUT2D eigenvalue weighted by molar-refractivity contribution is -0.153. The maximum atomic E-state index is 10.3. The summed E-state index contributed by atoms with van der Waals surface area (Å²) in [5, 5.41) is 29.5. The maximum Gasteiger partial charge on any atom is 0.0618 e. The Morgan fingerprint density at radius 1 is 1.26 bits per heavy atom. The van der Waals surface area contributed by atoms with Gasteiger partial charge in [0.05, 0.1) is 12.7 Å². The lowest BCUT2D eigenvalue weighted by Crippen LogP contribution is -2.57. The molecule has 0 unspecified atom stereocenters. The molecule has 3 nitrogen and oxygen atoms in total.